The normalized spacial score (nSPS) is 18.3. The van der Waals surface area contributed by atoms with Crippen LogP contribution in [0.25, 0.3) is 0 Å². The molecule has 5 atom stereocenters. The first-order valence-corrected chi connectivity index (χ1v) is 17.3. The summed E-state index contributed by atoms with van der Waals surface area (Å²) >= 11 is 0. The van der Waals surface area contributed by atoms with Gasteiger partial charge in [-0.05, 0) is 75.4 Å². The molecule has 0 aliphatic heterocycles. The van der Waals surface area contributed by atoms with Crippen molar-refractivity contribution >= 4 is 8.32 Å². The molecular formula is C31H62O3Si. The van der Waals surface area contributed by atoms with Crippen LogP contribution < -0.4 is 0 Å². The van der Waals surface area contributed by atoms with Gasteiger partial charge in [-0.3, -0.25) is 0 Å². The predicted octanol–water partition coefficient (Wildman–Crippen LogP) is 9.94. The van der Waals surface area contributed by atoms with Crippen molar-refractivity contribution in [2.45, 2.75) is 145 Å². The second-order valence-corrected chi connectivity index (χ2v) is 17.1. The minimum atomic E-state index is -1.94. The van der Waals surface area contributed by atoms with Gasteiger partial charge in [0.2, 0.25) is 0 Å². The Balaban J connectivity index is 5.81. The molecule has 0 rings (SSSR count). The summed E-state index contributed by atoms with van der Waals surface area (Å²) in [4.78, 5) is 0. The smallest absolute Gasteiger partial charge is 0.192 e. The maximum absolute atomic E-state index is 7.19. The zero-order valence-corrected chi connectivity index (χ0v) is 26.9. The molecule has 0 aromatic rings. The van der Waals surface area contributed by atoms with Gasteiger partial charge in [-0.15, -0.1) is 0 Å². The van der Waals surface area contributed by atoms with Crippen LogP contribution in [0.15, 0.2) is 23.3 Å². The van der Waals surface area contributed by atoms with E-state index in [1.54, 1.807) is 12.7 Å². The first-order valence-electron chi connectivity index (χ1n) is 14.4. The molecule has 0 fully saturated rings. The van der Waals surface area contributed by atoms with E-state index in [9.17, 15) is 0 Å². The number of ether oxygens (including phenoxy) is 2. The van der Waals surface area contributed by atoms with Crippen LogP contribution >= 0.6 is 0 Å². The average molecular weight is 511 g/mol. The summed E-state index contributed by atoms with van der Waals surface area (Å²) in [5, 5.41) is 0.180. The van der Waals surface area contributed by atoms with Crippen LogP contribution in [0, 0.1) is 17.8 Å². The monoisotopic (exact) mass is 510 g/mol. The predicted molar refractivity (Wildman–Crippen MR) is 157 cm³/mol. The van der Waals surface area contributed by atoms with E-state index in [-0.39, 0.29) is 17.2 Å². The third-order valence-electron chi connectivity index (χ3n) is 7.94. The highest BCUT2D eigenvalue weighted by atomic mass is 28.4. The largest absolute Gasteiger partial charge is 0.413 e. The Morgan fingerprint density at radius 1 is 0.971 bits per heavy atom. The first-order chi connectivity index (χ1) is 16.3. The Morgan fingerprint density at radius 2 is 1.60 bits per heavy atom. The van der Waals surface area contributed by atoms with Gasteiger partial charge in [-0.25, -0.2) is 0 Å². The third-order valence-corrected chi connectivity index (χ3v) is 12.4. The van der Waals surface area contributed by atoms with E-state index in [1.807, 2.05) is 0 Å². The number of unbranched alkanes of at least 4 members (excludes halogenated alkanes) is 1. The molecule has 208 valence electrons. The third kappa shape index (κ3) is 12.6. The van der Waals surface area contributed by atoms with E-state index >= 15 is 0 Å². The highest BCUT2D eigenvalue weighted by Gasteiger charge is 2.43. The summed E-state index contributed by atoms with van der Waals surface area (Å²) in [6.07, 6.45) is 13.1. The average Bonchev–Trinajstić information content (AvgIpc) is 2.77. The molecule has 0 aliphatic rings. The second kappa shape index (κ2) is 17.2. The molecule has 0 saturated heterocycles. The molecule has 3 nitrogen and oxygen atoms in total. The van der Waals surface area contributed by atoms with Crippen molar-refractivity contribution in [2.24, 2.45) is 17.8 Å². The van der Waals surface area contributed by atoms with Gasteiger partial charge >= 0.3 is 0 Å². The molecule has 4 heteroatoms. The van der Waals surface area contributed by atoms with Crippen LogP contribution in [0.4, 0.5) is 0 Å². The molecule has 0 amide bonds. The summed E-state index contributed by atoms with van der Waals surface area (Å²) in [7, 11) is -0.231. The van der Waals surface area contributed by atoms with Gasteiger partial charge in [0.15, 0.2) is 8.32 Å². The standard InChI is InChI=1S/C31H62O3Si/c1-14-18-19-27(15-2)22-25(6)20-24(5)21-26(7)30(34-35(12,13)31(8,9)10)28(16-3)29(17-4)33-23-32-11/h19-20,25-26,28-30H,14-18,21-23H2,1-13H3/b24-20+,27-19+/t25-,26-,28-,29+,30-/m0/s1. The Bertz CT molecular complexity index is 617. The fourth-order valence-corrected chi connectivity index (χ4v) is 6.36. The summed E-state index contributed by atoms with van der Waals surface area (Å²) in [5.74, 6) is 1.35. The molecule has 0 aromatic carbocycles. The molecule has 0 radical (unpaired) electrons. The highest BCUT2D eigenvalue weighted by Crippen LogP contribution is 2.41. The molecular weight excluding hydrogens is 448 g/mol. The van der Waals surface area contributed by atoms with Gasteiger partial charge in [0, 0.05) is 13.0 Å². The Hall–Kier alpha value is -0.423. The van der Waals surface area contributed by atoms with Gasteiger partial charge in [-0.1, -0.05) is 92.0 Å². The van der Waals surface area contributed by atoms with Crippen molar-refractivity contribution in [1.29, 1.82) is 0 Å². The van der Waals surface area contributed by atoms with Crippen molar-refractivity contribution in [1.82, 2.24) is 0 Å². The Labute approximate surface area is 221 Å². The van der Waals surface area contributed by atoms with Gasteiger partial charge in [0.05, 0.1) is 12.2 Å². The fraction of sp³-hybridized carbons (Fsp3) is 0.871. The number of allylic oxidation sites excluding steroid dienone is 4. The summed E-state index contributed by atoms with van der Waals surface area (Å²) in [5.41, 5.74) is 3.09. The molecule has 35 heavy (non-hydrogen) atoms. The SMILES string of the molecule is CCC/C=C(\CC)C[C@@H](C)/C=C(\C)C[C@H](C)[C@H](O[Si](C)(C)C(C)(C)C)[C@@H](CC)[C@@H](CC)OCOC. The van der Waals surface area contributed by atoms with Crippen LogP contribution in [-0.4, -0.2) is 34.4 Å². The number of methoxy groups -OCH3 is 1. The highest BCUT2D eigenvalue weighted by molar-refractivity contribution is 6.74. The van der Waals surface area contributed by atoms with Crippen LogP contribution in [0.1, 0.15) is 114 Å². The quantitative estimate of drug-likeness (QED) is 0.104. The van der Waals surface area contributed by atoms with Crippen LogP contribution in [0.5, 0.6) is 0 Å². The van der Waals surface area contributed by atoms with Gasteiger partial charge in [0.1, 0.15) is 6.79 Å². The zero-order valence-electron chi connectivity index (χ0n) is 25.9. The van der Waals surface area contributed by atoms with Crippen molar-refractivity contribution in [3.63, 3.8) is 0 Å². The molecule has 0 unspecified atom stereocenters. The first kappa shape index (κ1) is 34.6. The van der Waals surface area contributed by atoms with Gasteiger partial charge in [0.25, 0.3) is 0 Å². The lowest BCUT2D eigenvalue weighted by molar-refractivity contribution is -0.115. The minimum absolute atomic E-state index is 0.149. The lowest BCUT2D eigenvalue weighted by atomic mass is 9.82. The van der Waals surface area contributed by atoms with Gasteiger partial charge < -0.3 is 13.9 Å². The topological polar surface area (TPSA) is 27.7 Å². The van der Waals surface area contributed by atoms with E-state index < -0.39 is 8.32 Å². The van der Waals surface area contributed by atoms with E-state index in [4.69, 9.17) is 13.9 Å². The Kier molecular flexibility index (Phi) is 16.9. The zero-order chi connectivity index (χ0) is 27.2. The molecule has 0 heterocycles. The molecule has 0 aliphatic carbocycles. The van der Waals surface area contributed by atoms with E-state index in [0.29, 0.717) is 24.5 Å². The molecule has 0 aromatic heterocycles. The maximum Gasteiger partial charge on any atom is 0.192 e. The Morgan fingerprint density at radius 3 is 2.06 bits per heavy atom. The van der Waals surface area contributed by atoms with Crippen LogP contribution in [0.3, 0.4) is 0 Å². The maximum atomic E-state index is 7.19. The summed E-state index contributed by atoms with van der Waals surface area (Å²) < 4.78 is 18.6. The molecule has 0 saturated carbocycles. The molecule has 0 bridgehead atoms. The van der Waals surface area contributed by atoms with Crippen molar-refractivity contribution in [2.75, 3.05) is 13.9 Å². The summed E-state index contributed by atoms with van der Waals surface area (Å²) in [6, 6.07) is 0. The minimum Gasteiger partial charge on any atom is -0.413 e. The van der Waals surface area contributed by atoms with E-state index in [0.717, 1.165) is 25.7 Å². The second-order valence-electron chi connectivity index (χ2n) is 12.3. The molecule has 0 N–H and O–H groups in total. The lowest BCUT2D eigenvalue weighted by Gasteiger charge is -2.45. The van der Waals surface area contributed by atoms with Crippen molar-refractivity contribution in [3.8, 4) is 0 Å². The number of hydrogen-bond acceptors (Lipinski definition) is 3. The number of hydrogen-bond donors (Lipinski definition) is 0. The van der Waals surface area contributed by atoms with E-state index in [2.05, 4.69) is 94.5 Å². The summed E-state index contributed by atoms with van der Waals surface area (Å²) in [6.45, 7) is 28.3. The van der Waals surface area contributed by atoms with Gasteiger partial charge in [-0.2, -0.15) is 0 Å². The van der Waals surface area contributed by atoms with Crippen molar-refractivity contribution < 1.29 is 13.9 Å². The van der Waals surface area contributed by atoms with Crippen LogP contribution in [-0.2, 0) is 13.9 Å². The van der Waals surface area contributed by atoms with Crippen molar-refractivity contribution in [3.05, 3.63) is 23.3 Å². The lowest BCUT2D eigenvalue weighted by Crippen LogP contribution is -2.50. The van der Waals surface area contributed by atoms with Crippen LogP contribution in [0.2, 0.25) is 18.1 Å². The molecule has 0 spiro atoms. The van der Waals surface area contributed by atoms with E-state index in [1.165, 1.54) is 24.8 Å². The number of rotatable bonds is 18. The fourth-order valence-electron chi connectivity index (χ4n) is 4.92.